The Morgan fingerprint density at radius 1 is 1.17 bits per heavy atom. The number of hydrazone groups is 1. The van der Waals surface area contributed by atoms with Crippen LogP contribution in [0, 0.1) is 10.1 Å². The fourth-order valence-corrected chi connectivity index (χ4v) is 4.29. The zero-order valence-corrected chi connectivity index (χ0v) is 23.9. The molecule has 2 aromatic carbocycles. The highest BCUT2D eigenvalue weighted by Gasteiger charge is 2.16. The van der Waals surface area contributed by atoms with Crippen LogP contribution in [-0.2, 0) is 33.9 Å². The number of nitrogens with zero attached hydrogens (tertiary/aromatic N) is 5. The minimum Gasteiger partial charge on any atom is -0.434 e. The lowest BCUT2D eigenvalue weighted by atomic mass is 9.98. The van der Waals surface area contributed by atoms with E-state index in [0.29, 0.717) is 23.0 Å². The van der Waals surface area contributed by atoms with E-state index in [9.17, 15) is 20.0 Å². The largest absolute Gasteiger partial charge is 0.510 e. The van der Waals surface area contributed by atoms with Gasteiger partial charge in [-0.2, -0.15) is 5.12 Å². The predicted octanol–water partition coefficient (Wildman–Crippen LogP) is 3.59. The first kappa shape index (κ1) is 32.1. The van der Waals surface area contributed by atoms with Crippen LogP contribution in [0.15, 0.2) is 53.6 Å². The SMILES string of the molecule is CCCCc1nc(Cl)c(CO)n1Cc1ccc(-c2ccccc2/C(N)=N/N(N)COC(=O)OCCCO[N+](=O)[O-])cc1. The standard InChI is InChI=1S/C27H34ClN7O7/c1-2-3-9-24-31-25(28)23(17-36)33(24)16-19-10-12-20(13-11-19)21-7-4-5-8-22(21)26(29)32-34(30)18-41-27(37)40-14-6-15-42-35(38)39/h4-5,7-8,10-13,36H,2-3,6,9,14-18,30H2,1H3,(H2,29,32). The molecule has 0 aliphatic heterocycles. The molecule has 3 rings (SSSR count). The molecule has 226 valence electrons. The third-order valence-corrected chi connectivity index (χ3v) is 6.37. The summed E-state index contributed by atoms with van der Waals surface area (Å²) in [5.74, 6) is 6.76. The van der Waals surface area contributed by atoms with Gasteiger partial charge in [0.05, 0.1) is 25.5 Å². The molecule has 1 aromatic heterocycles. The summed E-state index contributed by atoms with van der Waals surface area (Å²) in [6.45, 7) is 1.63. The van der Waals surface area contributed by atoms with Crippen molar-refractivity contribution in [3.63, 3.8) is 0 Å². The first-order valence-corrected chi connectivity index (χ1v) is 13.6. The van der Waals surface area contributed by atoms with Crippen LogP contribution in [0.5, 0.6) is 0 Å². The van der Waals surface area contributed by atoms with Crippen molar-refractivity contribution < 1.29 is 29.3 Å². The van der Waals surface area contributed by atoms with Crippen LogP contribution >= 0.6 is 11.6 Å². The van der Waals surface area contributed by atoms with Gasteiger partial charge in [-0.3, -0.25) is 0 Å². The Bertz CT molecular complexity index is 1370. The molecule has 0 unspecified atom stereocenters. The summed E-state index contributed by atoms with van der Waals surface area (Å²) in [5.41, 5.74) is 10.1. The van der Waals surface area contributed by atoms with Crippen LogP contribution in [0.2, 0.25) is 5.15 Å². The first-order valence-electron chi connectivity index (χ1n) is 13.2. The van der Waals surface area contributed by atoms with Gasteiger partial charge in [-0.1, -0.05) is 73.5 Å². The average Bonchev–Trinajstić information content (AvgIpc) is 3.28. The van der Waals surface area contributed by atoms with Crippen molar-refractivity contribution in [3.8, 4) is 11.1 Å². The van der Waals surface area contributed by atoms with Crippen molar-refractivity contribution in [2.45, 2.75) is 45.8 Å². The van der Waals surface area contributed by atoms with E-state index in [1.54, 1.807) is 6.07 Å². The fourth-order valence-electron chi connectivity index (χ4n) is 4.03. The maximum absolute atomic E-state index is 11.7. The van der Waals surface area contributed by atoms with E-state index in [-0.39, 0.29) is 32.1 Å². The minimum atomic E-state index is -1.03. The van der Waals surface area contributed by atoms with Crippen LogP contribution in [0.25, 0.3) is 11.1 Å². The molecule has 1 heterocycles. The molecule has 0 amide bonds. The number of benzene rings is 2. The number of amidine groups is 1. The number of carbonyl (C=O) groups is 1. The number of aromatic nitrogens is 2. The summed E-state index contributed by atoms with van der Waals surface area (Å²) in [7, 11) is 0. The number of hydrogen-bond donors (Lipinski definition) is 3. The molecule has 0 radical (unpaired) electrons. The fraction of sp³-hybridized carbons (Fsp3) is 0.370. The summed E-state index contributed by atoms with van der Waals surface area (Å²) in [5, 5.41) is 24.3. The summed E-state index contributed by atoms with van der Waals surface area (Å²) in [4.78, 5) is 30.3. The number of rotatable bonds is 16. The molecular weight excluding hydrogens is 570 g/mol. The Morgan fingerprint density at radius 2 is 1.90 bits per heavy atom. The topological polar surface area (TPSA) is 194 Å². The number of unbranched alkanes of at least 4 members (excludes halogenated alkanes) is 1. The molecule has 42 heavy (non-hydrogen) atoms. The van der Waals surface area contributed by atoms with Gasteiger partial charge in [-0.05, 0) is 23.1 Å². The number of aliphatic hydroxyl groups is 1. The summed E-state index contributed by atoms with van der Waals surface area (Å²) >= 11 is 6.28. The number of nitrogens with two attached hydrogens (primary N) is 2. The molecule has 15 heteroatoms. The molecule has 0 spiro atoms. The van der Waals surface area contributed by atoms with Crippen molar-refractivity contribution in [3.05, 3.63) is 86.4 Å². The Morgan fingerprint density at radius 3 is 2.60 bits per heavy atom. The van der Waals surface area contributed by atoms with Gasteiger partial charge in [0, 0.05) is 24.9 Å². The molecular formula is C27H34ClN7O7. The quantitative estimate of drug-likeness (QED) is 0.0316. The highest BCUT2D eigenvalue weighted by molar-refractivity contribution is 6.30. The van der Waals surface area contributed by atoms with Gasteiger partial charge < -0.3 is 29.7 Å². The van der Waals surface area contributed by atoms with E-state index in [1.807, 2.05) is 47.0 Å². The monoisotopic (exact) mass is 603 g/mol. The smallest absolute Gasteiger partial charge is 0.434 e. The van der Waals surface area contributed by atoms with Crippen molar-refractivity contribution in [2.24, 2.45) is 16.7 Å². The Kier molecular flexibility index (Phi) is 12.3. The maximum atomic E-state index is 11.7. The summed E-state index contributed by atoms with van der Waals surface area (Å²) < 4.78 is 11.6. The lowest BCUT2D eigenvalue weighted by Gasteiger charge is -2.15. The van der Waals surface area contributed by atoms with Gasteiger partial charge in [0.25, 0.3) is 5.09 Å². The van der Waals surface area contributed by atoms with Gasteiger partial charge in [-0.15, -0.1) is 15.2 Å². The van der Waals surface area contributed by atoms with Crippen LogP contribution in [0.1, 0.15) is 48.8 Å². The number of ether oxygens (including phenoxy) is 2. The van der Waals surface area contributed by atoms with Crippen molar-refractivity contribution >= 4 is 23.6 Å². The van der Waals surface area contributed by atoms with Gasteiger partial charge in [-0.25, -0.2) is 15.6 Å². The first-order chi connectivity index (χ1) is 20.2. The average molecular weight is 604 g/mol. The molecule has 0 fully saturated rings. The van der Waals surface area contributed by atoms with Crippen LogP contribution < -0.4 is 11.6 Å². The molecule has 0 saturated heterocycles. The van der Waals surface area contributed by atoms with Gasteiger partial charge in [0.1, 0.15) is 5.82 Å². The second-order valence-corrected chi connectivity index (χ2v) is 9.42. The number of carbonyl (C=O) groups excluding carboxylic acids is 1. The van der Waals surface area contributed by atoms with Crippen LogP contribution in [-0.4, -0.2) is 56.8 Å². The molecule has 0 atom stereocenters. The van der Waals surface area contributed by atoms with Gasteiger partial charge >= 0.3 is 6.16 Å². The highest BCUT2D eigenvalue weighted by atomic mass is 35.5. The Hall–Kier alpha value is -4.40. The molecule has 0 aliphatic rings. The predicted molar refractivity (Wildman–Crippen MR) is 154 cm³/mol. The van der Waals surface area contributed by atoms with E-state index >= 15 is 0 Å². The van der Waals surface area contributed by atoms with Crippen molar-refractivity contribution in [1.29, 1.82) is 0 Å². The van der Waals surface area contributed by atoms with Crippen LogP contribution in [0.3, 0.4) is 0 Å². The Labute approximate surface area is 247 Å². The molecule has 0 aliphatic carbocycles. The maximum Gasteiger partial charge on any atom is 0.510 e. The number of imidazole rings is 1. The molecule has 5 N–H and O–H groups in total. The highest BCUT2D eigenvalue weighted by Crippen LogP contribution is 2.26. The van der Waals surface area contributed by atoms with E-state index in [2.05, 4.69) is 21.8 Å². The minimum absolute atomic E-state index is 0.0901. The number of halogens is 1. The Balaban J connectivity index is 1.65. The third-order valence-electron chi connectivity index (χ3n) is 6.07. The van der Waals surface area contributed by atoms with E-state index in [0.717, 1.165) is 46.9 Å². The molecule has 0 bridgehead atoms. The van der Waals surface area contributed by atoms with Gasteiger partial charge in [0.2, 0.25) is 0 Å². The summed E-state index contributed by atoms with van der Waals surface area (Å²) in [6.07, 6.45) is 1.85. The van der Waals surface area contributed by atoms with Gasteiger partial charge in [0.15, 0.2) is 17.7 Å². The van der Waals surface area contributed by atoms with E-state index in [4.69, 9.17) is 32.7 Å². The zero-order chi connectivity index (χ0) is 30.5. The number of hydrazine groups is 1. The number of aliphatic hydroxyl groups excluding tert-OH is 1. The lowest BCUT2D eigenvalue weighted by molar-refractivity contribution is -0.757. The van der Waals surface area contributed by atoms with E-state index < -0.39 is 18.0 Å². The summed E-state index contributed by atoms with van der Waals surface area (Å²) in [6, 6.07) is 15.2. The lowest BCUT2D eigenvalue weighted by Crippen LogP contribution is -2.33. The number of aryl methyl sites for hydroxylation is 1. The van der Waals surface area contributed by atoms with Crippen LogP contribution in [0.4, 0.5) is 4.79 Å². The van der Waals surface area contributed by atoms with E-state index in [1.165, 1.54) is 0 Å². The second kappa shape index (κ2) is 16.1. The molecule has 3 aromatic rings. The van der Waals surface area contributed by atoms with Crippen molar-refractivity contribution in [2.75, 3.05) is 19.9 Å². The molecule has 14 nitrogen and oxygen atoms in total. The van der Waals surface area contributed by atoms with Crippen molar-refractivity contribution in [1.82, 2.24) is 14.7 Å². The zero-order valence-electron chi connectivity index (χ0n) is 23.1. The second-order valence-electron chi connectivity index (χ2n) is 9.06. The molecule has 0 saturated carbocycles. The number of hydrogen-bond acceptors (Lipinski definition) is 11. The normalized spacial score (nSPS) is 11.3. The third kappa shape index (κ3) is 9.33.